The first-order chi connectivity index (χ1) is 14.0. The molecule has 0 spiro atoms. The molecular weight excluding hydrogens is 384 g/mol. The van der Waals surface area contributed by atoms with Crippen molar-refractivity contribution >= 4 is 23.5 Å². The van der Waals surface area contributed by atoms with Gasteiger partial charge < -0.3 is 9.88 Å². The fourth-order valence-corrected chi connectivity index (χ4v) is 3.93. The van der Waals surface area contributed by atoms with Crippen LogP contribution in [0.4, 0.5) is 0 Å². The minimum absolute atomic E-state index is 0.0451. The van der Waals surface area contributed by atoms with Gasteiger partial charge in [-0.3, -0.25) is 9.59 Å². The summed E-state index contributed by atoms with van der Waals surface area (Å²) in [6.45, 7) is 6.43. The summed E-state index contributed by atoms with van der Waals surface area (Å²) in [4.78, 5) is 25.0. The SMILES string of the molecule is CCn1c(SCC(=O)c2ccccc2)nnc1[C@H](C)NC(=O)c1ccccc1C. The van der Waals surface area contributed by atoms with E-state index in [-0.39, 0.29) is 23.5 Å². The number of Topliss-reactive ketones (excluding diaryl/α,β-unsaturated/α-hetero) is 1. The molecule has 1 aromatic heterocycles. The average Bonchev–Trinajstić information content (AvgIpc) is 3.16. The summed E-state index contributed by atoms with van der Waals surface area (Å²) in [6, 6.07) is 16.4. The van der Waals surface area contributed by atoms with Crippen LogP contribution in [-0.4, -0.2) is 32.2 Å². The Hall–Kier alpha value is -2.93. The van der Waals surface area contributed by atoms with Gasteiger partial charge in [-0.2, -0.15) is 0 Å². The number of nitrogens with zero attached hydrogens (tertiary/aromatic N) is 3. The Morgan fingerprint density at radius 1 is 1.07 bits per heavy atom. The molecule has 0 saturated heterocycles. The summed E-state index contributed by atoms with van der Waals surface area (Å²) in [5.74, 6) is 0.856. The normalized spacial score (nSPS) is 11.8. The molecule has 3 rings (SSSR count). The molecule has 0 bridgehead atoms. The fraction of sp³-hybridized carbons (Fsp3) is 0.273. The van der Waals surface area contributed by atoms with E-state index >= 15 is 0 Å². The zero-order valence-electron chi connectivity index (χ0n) is 16.8. The molecule has 7 heteroatoms. The molecule has 0 aliphatic rings. The number of aryl methyl sites for hydroxylation is 1. The Labute approximate surface area is 174 Å². The summed E-state index contributed by atoms with van der Waals surface area (Å²) >= 11 is 1.36. The molecule has 2 aromatic carbocycles. The molecule has 1 atom stereocenters. The van der Waals surface area contributed by atoms with Gasteiger partial charge in [0, 0.05) is 17.7 Å². The largest absolute Gasteiger partial charge is 0.342 e. The molecule has 6 nitrogen and oxygen atoms in total. The smallest absolute Gasteiger partial charge is 0.252 e. The Balaban J connectivity index is 1.69. The first-order valence-corrected chi connectivity index (χ1v) is 10.5. The van der Waals surface area contributed by atoms with Gasteiger partial charge in [-0.1, -0.05) is 60.3 Å². The number of carbonyl (C=O) groups excluding carboxylic acids is 2. The maximum absolute atomic E-state index is 12.6. The number of ketones is 1. The number of aromatic nitrogens is 3. The van der Waals surface area contributed by atoms with Gasteiger partial charge in [0.1, 0.15) is 0 Å². The van der Waals surface area contributed by atoms with Gasteiger partial charge in [0.05, 0.1) is 11.8 Å². The van der Waals surface area contributed by atoms with E-state index in [0.717, 1.165) is 5.56 Å². The molecule has 0 aliphatic heterocycles. The van der Waals surface area contributed by atoms with E-state index in [4.69, 9.17) is 0 Å². The molecule has 0 saturated carbocycles. The van der Waals surface area contributed by atoms with Crippen LogP contribution < -0.4 is 5.32 Å². The van der Waals surface area contributed by atoms with Crippen LogP contribution in [0.1, 0.15) is 52.0 Å². The van der Waals surface area contributed by atoms with Crippen molar-refractivity contribution in [3.8, 4) is 0 Å². The Morgan fingerprint density at radius 3 is 2.45 bits per heavy atom. The second-order valence-corrected chi connectivity index (χ2v) is 7.62. The van der Waals surface area contributed by atoms with E-state index in [1.54, 1.807) is 6.07 Å². The second kappa shape index (κ2) is 9.52. The van der Waals surface area contributed by atoms with Crippen molar-refractivity contribution in [3.05, 3.63) is 77.1 Å². The average molecular weight is 409 g/mol. The van der Waals surface area contributed by atoms with Gasteiger partial charge in [-0.05, 0) is 32.4 Å². The lowest BCUT2D eigenvalue weighted by Gasteiger charge is -2.16. The van der Waals surface area contributed by atoms with Gasteiger partial charge in [0.15, 0.2) is 16.8 Å². The summed E-state index contributed by atoms with van der Waals surface area (Å²) in [5.41, 5.74) is 2.25. The molecule has 0 radical (unpaired) electrons. The van der Waals surface area contributed by atoms with Crippen molar-refractivity contribution in [1.29, 1.82) is 0 Å². The monoisotopic (exact) mass is 408 g/mol. The van der Waals surface area contributed by atoms with Crippen LogP contribution >= 0.6 is 11.8 Å². The number of nitrogens with one attached hydrogen (secondary N) is 1. The Morgan fingerprint density at radius 2 is 1.76 bits per heavy atom. The molecular formula is C22H24N4O2S. The number of hydrogen-bond acceptors (Lipinski definition) is 5. The van der Waals surface area contributed by atoms with E-state index in [9.17, 15) is 9.59 Å². The van der Waals surface area contributed by atoms with Gasteiger partial charge in [0.2, 0.25) is 0 Å². The Bertz CT molecular complexity index is 1000. The van der Waals surface area contributed by atoms with Crippen molar-refractivity contribution < 1.29 is 9.59 Å². The maximum Gasteiger partial charge on any atom is 0.252 e. The number of thioether (sulfide) groups is 1. The third-order valence-electron chi connectivity index (χ3n) is 4.61. The highest BCUT2D eigenvalue weighted by molar-refractivity contribution is 7.99. The molecule has 1 amide bonds. The summed E-state index contributed by atoms with van der Waals surface area (Å²) in [6.07, 6.45) is 0. The van der Waals surface area contributed by atoms with Crippen LogP contribution in [0.5, 0.6) is 0 Å². The fourth-order valence-electron chi connectivity index (χ4n) is 3.03. The zero-order chi connectivity index (χ0) is 20.8. The van der Waals surface area contributed by atoms with Crippen LogP contribution in [0.15, 0.2) is 59.8 Å². The van der Waals surface area contributed by atoms with Gasteiger partial charge >= 0.3 is 0 Å². The molecule has 1 N–H and O–H groups in total. The topological polar surface area (TPSA) is 76.9 Å². The van der Waals surface area contributed by atoms with Crippen LogP contribution in [0.2, 0.25) is 0 Å². The Kier molecular flexibility index (Phi) is 6.82. The molecule has 150 valence electrons. The van der Waals surface area contributed by atoms with Gasteiger partial charge in [-0.25, -0.2) is 0 Å². The molecule has 1 heterocycles. The molecule has 0 unspecified atom stereocenters. The van der Waals surface area contributed by atoms with Gasteiger partial charge in [-0.15, -0.1) is 10.2 Å². The number of rotatable bonds is 8. The highest BCUT2D eigenvalue weighted by Gasteiger charge is 2.20. The molecule has 0 fully saturated rings. The molecule has 29 heavy (non-hydrogen) atoms. The highest BCUT2D eigenvalue weighted by atomic mass is 32.2. The van der Waals surface area contributed by atoms with Crippen molar-refractivity contribution in [2.24, 2.45) is 0 Å². The highest BCUT2D eigenvalue weighted by Crippen LogP contribution is 2.22. The van der Waals surface area contributed by atoms with E-state index in [1.807, 2.05) is 73.9 Å². The number of benzene rings is 2. The van der Waals surface area contributed by atoms with Crippen molar-refractivity contribution in [3.63, 3.8) is 0 Å². The number of hydrogen-bond donors (Lipinski definition) is 1. The van der Waals surface area contributed by atoms with Crippen molar-refractivity contribution in [1.82, 2.24) is 20.1 Å². The standard InChI is InChI=1S/C22H24N4O2S/c1-4-26-20(16(3)23-21(28)18-13-9-8-10-15(18)2)24-25-22(26)29-14-19(27)17-11-6-5-7-12-17/h5-13,16H,4,14H2,1-3H3,(H,23,28)/t16-/m0/s1. The van der Waals surface area contributed by atoms with Crippen LogP contribution in [0, 0.1) is 6.92 Å². The van der Waals surface area contributed by atoms with E-state index in [0.29, 0.717) is 28.7 Å². The predicted molar refractivity (Wildman–Crippen MR) is 114 cm³/mol. The lowest BCUT2D eigenvalue weighted by molar-refractivity contribution is 0.0936. The summed E-state index contributed by atoms with van der Waals surface area (Å²) < 4.78 is 1.94. The third-order valence-corrected chi connectivity index (χ3v) is 5.58. The second-order valence-electron chi connectivity index (χ2n) is 6.67. The predicted octanol–water partition coefficient (Wildman–Crippen LogP) is 4.07. The van der Waals surface area contributed by atoms with Crippen molar-refractivity contribution in [2.75, 3.05) is 5.75 Å². The summed E-state index contributed by atoms with van der Waals surface area (Å²) in [5, 5.41) is 12.2. The maximum atomic E-state index is 12.6. The lowest BCUT2D eigenvalue weighted by atomic mass is 10.1. The molecule has 3 aromatic rings. The minimum atomic E-state index is -0.311. The minimum Gasteiger partial charge on any atom is -0.342 e. The van der Waals surface area contributed by atoms with Crippen LogP contribution in [-0.2, 0) is 6.54 Å². The third kappa shape index (κ3) is 4.92. The summed E-state index contributed by atoms with van der Waals surface area (Å²) in [7, 11) is 0. The number of amides is 1. The molecule has 0 aliphatic carbocycles. The van der Waals surface area contributed by atoms with E-state index < -0.39 is 0 Å². The van der Waals surface area contributed by atoms with E-state index in [2.05, 4.69) is 15.5 Å². The first-order valence-electron chi connectivity index (χ1n) is 9.52. The van der Waals surface area contributed by atoms with E-state index in [1.165, 1.54) is 11.8 Å². The van der Waals surface area contributed by atoms with Crippen LogP contribution in [0.3, 0.4) is 0 Å². The van der Waals surface area contributed by atoms with Gasteiger partial charge in [0.25, 0.3) is 5.91 Å². The van der Waals surface area contributed by atoms with Crippen molar-refractivity contribution in [2.45, 2.75) is 38.5 Å². The lowest BCUT2D eigenvalue weighted by Crippen LogP contribution is -2.29. The zero-order valence-corrected chi connectivity index (χ0v) is 17.6. The first kappa shape index (κ1) is 20.8. The quantitative estimate of drug-likeness (QED) is 0.449. The van der Waals surface area contributed by atoms with Crippen LogP contribution in [0.25, 0.3) is 0 Å². The number of carbonyl (C=O) groups is 2.